The summed E-state index contributed by atoms with van der Waals surface area (Å²) >= 11 is 0. The van der Waals surface area contributed by atoms with Gasteiger partial charge in [0.15, 0.2) is 11.5 Å². The van der Waals surface area contributed by atoms with Crippen LogP contribution < -0.4 is 24.4 Å². The molecule has 0 heterocycles. The van der Waals surface area contributed by atoms with Gasteiger partial charge in [-0.3, -0.25) is 0 Å². The first-order chi connectivity index (χ1) is 13.4. The van der Waals surface area contributed by atoms with E-state index < -0.39 is 0 Å². The third-order valence-corrected chi connectivity index (χ3v) is 3.75. The molecule has 2 aromatic carbocycles. The van der Waals surface area contributed by atoms with Gasteiger partial charge in [-0.1, -0.05) is 6.07 Å². The van der Waals surface area contributed by atoms with Crippen molar-refractivity contribution in [2.24, 2.45) is 5.10 Å². The van der Waals surface area contributed by atoms with Gasteiger partial charge in [-0.25, -0.2) is 0 Å². The van der Waals surface area contributed by atoms with Crippen LogP contribution in [0.2, 0.25) is 0 Å². The van der Waals surface area contributed by atoms with Gasteiger partial charge >= 0.3 is 0 Å². The lowest BCUT2D eigenvalue weighted by Gasteiger charge is -2.15. The molecule has 0 saturated heterocycles. The molecule has 0 aliphatic carbocycles. The number of benzene rings is 2. The molecule has 0 aliphatic rings. The Labute approximate surface area is 167 Å². The molecule has 1 N–H and O–H groups in total. The van der Waals surface area contributed by atoms with Gasteiger partial charge in [-0.05, 0) is 57.5 Å². The highest BCUT2D eigenvalue weighted by Gasteiger charge is 2.08. The van der Waals surface area contributed by atoms with Crippen LogP contribution in [0.15, 0.2) is 41.5 Å². The molecule has 2 aromatic rings. The highest BCUT2D eigenvalue weighted by molar-refractivity contribution is 5.83. The van der Waals surface area contributed by atoms with Crippen LogP contribution in [0.5, 0.6) is 23.0 Å². The van der Waals surface area contributed by atoms with E-state index in [9.17, 15) is 0 Å². The fourth-order valence-electron chi connectivity index (χ4n) is 2.57. The molecule has 6 heteroatoms. The summed E-state index contributed by atoms with van der Waals surface area (Å²) in [5.74, 6) is 2.92. The predicted molar refractivity (Wildman–Crippen MR) is 112 cm³/mol. The van der Waals surface area contributed by atoms with Crippen molar-refractivity contribution in [3.8, 4) is 23.0 Å². The van der Waals surface area contributed by atoms with E-state index in [0.29, 0.717) is 18.0 Å². The van der Waals surface area contributed by atoms with Crippen molar-refractivity contribution in [2.45, 2.75) is 46.4 Å². The molecule has 0 bridgehead atoms. The molecule has 28 heavy (non-hydrogen) atoms. The van der Waals surface area contributed by atoms with Gasteiger partial charge in [-0.2, -0.15) is 5.10 Å². The molecule has 0 fully saturated rings. The molecule has 0 aliphatic heterocycles. The number of nitrogens with zero attached hydrogens (tertiary/aromatic N) is 1. The molecular weight excluding hydrogens is 356 g/mol. The first-order valence-corrected chi connectivity index (χ1v) is 9.37. The van der Waals surface area contributed by atoms with Crippen LogP contribution in [0.4, 0.5) is 0 Å². The fraction of sp³-hybridized carbons (Fsp3) is 0.409. The van der Waals surface area contributed by atoms with Crippen molar-refractivity contribution < 1.29 is 18.9 Å². The van der Waals surface area contributed by atoms with Crippen LogP contribution in [-0.4, -0.2) is 32.6 Å². The van der Waals surface area contributed by atoms with E-state index in [4.69, 9.17) is 18.9 Å². The summed E-state index contributed by atoms with van der Waals surface area (Å²) in [4.78, 5) is 0. The number of nitrogens with one attached hydrogen (secondary N) is 1. The van der Waals surface area contributed by atoms with Crippen molar-refractivity contribution in [3.63, 3.8) is 0 Å². The maximum absolute atomic E-state index is 5.91. The second-order valence-corrected chi connectivity index (χ2v) is 6.82. The molecule has 152 valence electrons. The van der Waals surface area contributed by atoms with Crippen LogP contribution in [0, 0.1) is 0 Å². The Morgan fingerprint density at radius 1 is 0.857 bits per heavy atom. The molecule has 0 amide bonds. The summed E-state index contributed by atoms with van der Waals surface area (Å²) in [5, 5.41) is 4.33. The van der Waals surface area contributed by atoms with Crippen LogP contribution in [0.1, 0.15) is 38.8 Å². The molecular formula is C22H30N2O4. The summed E-state index contributed by atoms with van der Waals surface area (Å²) in [5.41, 5.74) is 4.97. The lowest BCUT2D eigenvalue weighted by Crippen LogP contribution is -2.10. The number of hydrogen-bond acceptors (Lipinski definition) is 6. The minimum absolute atomic E-state index is 0.0566. The van der Waals surface area contributed by atoms with E-state index in [0.717, 1.165) is 22.6 Å². The Bertz CT molecular complexity index is 788. The monoisotopic (exact) mass is 386 g/mol. The molecule has 0 spiro atoms. The molecule has 0 radical (unpaired) electrons. The molecule has 2 rings (SSSR count). The van der Waals surface area contributed by atoms with Gasteiger partial charge in [0.1, 0.15) is 11.5 Å². The Balaban J connectivity index is 2.06. The Morgan fingerprint density at radius 2 is 1.57 bits per heavy atom. The molecule has 6 nitrogen and oxygen atoms in total. The minimum Gasteiger partial charge on any atom is -0.493 e. The third-order valence-electron chi connectivity index (χ3n) is 3.75. The van der Waals surface area contributed by atoms with E-state index >= 15 is 0 Å². The van der Waals surface area contributed by atoms with Crippen molar-refractivity contribution >= 4 is 6.21 Å². The summed E-state index contributed by atoms with van der Waals surface area (Å²) < 4.78 is 22.2. The third kappa shape index (κ3) is 6.37. The number of rotatable bonds is 10. The molecule has 0 atom stereocenters. The molecule has 0 saturated carbocycles. The first kappa shape index (κ1) is 21.4. The van der Waals surface area contributed by atoms with Gasteiger partial charge < -0.3 is 24.4 Å². The average Bonchev–Trinajstić information content (AvgIpc) is 2.65. The second kappa shape index (κ2) is 10.4. The topological polar surface area (TPSA) is 61.3 Å². The lowest BCUT2D eigenvalue weighted by molar-refractivity contribution is 0.229. The van der Waals surface area contributed by atoms with Gasteiger partial charge in [0.05, 0.1) is 39.2 Å². The van der Waals surface area contributed by atoms with Crippen LogP contribution in [-0.2, 0) is 6.54 Å². The Hall–Kier alpha value is -2.89. The summed E-state index contributed by atoms with van der Waals surface area (Å²) in [6.45, 7) is 8.54. The highest BCUT2D eigenvalue weighted by atomic mass is 16.5. The Kier molecular flexibility index (Phi) is 7.99. The van der Waals surface area contributed by atoms with E-state index in [2.05, 4.69) is 10.5 Å². The molecule has 0 unspecified atom stereocenters. The lowest BCUT2D eigenvalue weighted by atomic mass is 10.2. The SMILES string of the molecule is COc1ccc(CN/N=C/c2ccc(OC(C)C)cc2OC(C)C)cc1OC. The standard InChI is InChI=1S/C22H30N2O4/c1-15(2)27-19-9-8-18(21(12-19)28-16(3)4)14-24-23-13-17-7-10-20(25-5)22(11-17)26-6/h7-12,14-16,23H,13H2,1-6H3/b24-14+. The number of ether oxygens (including phenoxy) is 4. The highest BCUT2D eigenvalue weighted by Crippen LogP contribution is 2.28. The van der Waals surface area contributed by atoms with Crippen LogP contribution >= 0.6 is 0 Å². The van der Waals surface area contributed by atoms with Crippen LogP contribution in [0.25, 0.3) is 0 Å². The van der Waals surface area contributed by atoms with Crippen molar-refractivity contribution in [2.75, 3.05) is 14.2 Å². The normalized spacial score (nSPS) is 11.1. The fourth-order valence-corrected chi connectivity index (χ4v) is 2.57. The van der Waals surface area contributed by atoms with E-state index in [1.54, 1.807) is 20.4 Å². The summed E-state index contributed by atoms with van der Waals surface area (Å²) in [7, 11) is 3.24. The van der Waals surface area contributed by atoms with Gasteiger partial charge in [0.2, 0.25) is 0 Å². The largest absolute Gasteiger partial charge is 0.493 e. The van der Waals surface area contributed by atoms with Crippen LogP contribution in [0.3, 0.4) is 0 Å². The minimum atomic E-state index is 0.0566. The van der Waals surface area contributed by atoms with Crippen molar-refractivity contribution in [3.05, 3.63) is 47.5 Å². The number of hydrogen-bond donors (Lipinski definition) is 1. The quantitative estimate of drug-likeness (QED) is 0.484. The predicted octanol–water partition coefficient (Wildman–Crippen LogP) is 4.40. The second-order valence-electron chi connectivity index (χ2n) is 6.82. The molecule has 0 aromatic heterocycles. The van der Waals surface area contributed by atoms with E-state index in [1.807, 2.05) is 64.1 Å². The maximum Gasteiger partial charge on any atom is 0.161 e. The van der Waals surface area contributed by atoms with Crippen molar-refractivity contribution in [1.82, 2.24) is 5.43 Å². The maximum atomic E-state index is 5.91. The van der Waals surface area contributed by atoms with Crippen molar-refractivity contribution in [1.29, 1.82) is 0 Å². The number of hydrazone groups is 1. The van der Waals surface area contributed by atoms with Gasteiger partial charge in [-0.15, -0.1) is 0 Å². The zero-order valence-electron chi connectivity index (χ0n) is 17.5. The summed E-state index contributed by atoms with van der Waals surface area (Å²) in [6, 6.07) is 11.5. The summed E-state index contributed by atoms with van der Waals surface area (Å²) in [6.07, 6.45) is 1.91. The zero-order chi connectivity index (χ0) is 20.5. The number of methoxy groups -OCH3 is 2. The smallest absolute Gasteiger partial charge is 0.161 e. The van der Waals surface area contributed by atoms with Gasteiger partial charge in [0.25, 0.3) is 0 Å². The zero-order valence-corrected chi connectivity index (χ0v) is 17.5. The Morgan fingerprint density at radius 3 is 2.21 bits per heavy atom. The first-order valence-electron chi connectivity index (χ1n) is 9.37. The van der Waals surface area contributed by atoms with Gasteiger partial charge in [0, 0.05) is 11.6 Å². The van der Waals surface area contributed by atoms with E-state index in [1.165, 1.54) is 0 Å². The van der Waals surface area contributed by atoms with E-state index in [-0.39, 0.29) is 12.2 Å². The average molecular weight is 386 g/mol.